The Morgan fingerprint density at radius 1 is 1.23 bits per heavy atom. The second kappa shape index (κ2) is 8.01. The van der Waals surface area contributed by atoms with Crippen molar-refractivity contribution in [2.45, 2.75) is 40.3 Å². The van der Waals surface area contributed by atoms with Crippen molar-refractivity contribution < 1.29 is 9.15 Å². The molecule has 2 heterocycles. The van der Waals surface area contributed by atoms with Gasteiger partial charge in [0.25, 0.3) is 0 Å². The summed E-state index contributed by atoms with van der Waals surface area (Å²) in [5.74, 6) is 2.23. The first-order chi connectivity index (χ1) is 12.5. The van der Waals surface area contributed by atoms with Gasteiger partial charge in [-0.2, -0.15) is 0 Å². The number of thiazole rings is 1. The highest BCUT2D eigenvalue weighted by Gasteiger charge is 2.20. The van der Waals surface area contributed by atoms with Crippen molar-refractivity contribution in [2.24, 2.45) is 0 Å². The van der Waals surface area contributed by atoms with Crippen LogP contribution in [0.15, 0.2) is 34.1 Å². The third-order valence-corrected chi connectivity index (χ3v) is 5.50. The Morgan fingerprint density at radius 3 is 2.69 bits per heavy atom. The highest BCUT2D eigenvalue weighted by Crippen LogP contribution is 2.31. The molecule has 2 aromatic heterocycles. The minimum absolute atomic E-state index is 0.226. The Morgan fingerprint density at radius 2 is 2.00 bits per heavy atom. The molecular formula is C20H25N3O2S. The number of aromatic nitrogens is 2. The molecule has 0 spiro atoms. The molecule has 0 aliphatic carbocycles. The molecule has 6 heteroatoms. The smallest absolute Gasteiger partial charge is 0.230 e. The molecule has 0 amide bonds. The first-order valence-corrected chi connectivity index (χ1v) is 9.68. The molecule has 5 nitrogen and oxygen atoms in total. The molecule has 0 N–H and O–H groups in total. The van der Waals surface area contributed by atoms with Crippen LogP contribution in [0.25, 0.3) is 11.5 Å². The van der Waals surface area contributed by atoms with Gasteiger partial charge >= 0.3 is 0 Å². The molecule has 0 aliphatic rings. The highest BCUT2D eigenvalue weighted by atomic mass is 32.1. The maximum absolute atomic E-state index is 5.95. The fraction of sp³-hybridized carbons (Fsp3) is 0.400. The van der Waals surface area contributed by atoms with Crippen LogP contribution in [0.2, 0.25) is 0 Å². The number of ether oxygens (including phenoxy) is 1. The molecule has 3 aromatic rings. The second-order valence-electron chi connectivity index (χ2n) is 6.37. The average Bonchev–Trinajstić information content (AvgIpc) is 3.21. The van der Waals surface area contributed by atoms with E-state index in [1.807, 2.05) is 45.0 Å². The van der Waals surface area contributed by atoms with Gasteiger partial charge in [-0.1, -0.05) is 12.1 Å². The average molecular weight is 372 g/mol. The number of benzene rings is 1. The Bertz CT molecular complexity index is 872. The Kier molecular flexibility index (Phi) is 5.74. The number of aryl methyl sites for hydroxylation is 2. The second-order valence-corrected chi connectivity index (χ2v) is 7.26. The SMILES string of the molecule is CCOc1ccccc1-c1nc(CN(C)[C@H](C)c2nc(C)cs2)c(C)o1. The number of oxazole rings is 1. The van der Waals surface area contributed by atoms with Crippen molar-refractivity contribution in [3.63, 3.8) is 0 Å². The molecule has 0 unspecified atom stereocenters. The van der Waals surface area contributed by atoms with Crippen LogP contribution in [0.1, 0.15) is 42.0 Å². The molecule has 26 heavy (non-hydrogen) atoms. The van der Waals surface area contributed by atoms with Crippen molar-refractivity contribution in [2.75, 3.05) is 13.7 Å². The van der Waals surface area contributed by atoms with Crippen LogP contribution in [0, 0.1) is 13.8 Å². The van der Waals surface area contributed by atoms with Gasteiger partial charge in [-0.3, -0.25) is 4.90 Å². The van der Waals surface area contributed by atoms with E-state index in [1.165, 1.54) is 0 Å². The Balaban J connectivity index is 1.80. The molecule has 1 atom stereocenters. The number of rotatable bonds is 7. The first kappa shape index (κ1) is 18.6. The van der Waals surface area contributed by atoms with Crippen molar-refractivity contribution in [3.05, 3.63) is 51.8 Å². The largest absolute Gasteiger partial charge is 0.493 e. The number of nitrogens with zero attached hydrogens (tertiary/aromatic N) is 3. The summed E-state index contributed by atoms with van der Waals surface area (Å²) in [6, 6.07) is 8.07. The standard InChI is InChI=1S/C20H25N3O2S/c1-6-24-18-10-8-7-9-16(18)19-22-17(15(4)25-19)11-23(5)14(3)20-21-13(2)12-26-20/h7-10,12,14H,6,11H2,1-5H3/t14-/m1/s1. The topological polar surface area (TPSA) is 51.4 Å². The Labute approximate surface area is 158 Å². The number of hydrogen-bond acceptors (Lipinski definition) is 6. The predicted molar refractivity (Wildman–Crippen MR) is 105 cm³/mol. The van der Waals surface area contributed by atoms with Crippen LogP contribution in [0.3, 0.4) is 0 Å². The summed E-state index contributed by atoms with van der Waals surface area (Å²) in [7, 11) is 2.09. The van der Waals surface area contributed by atoms with E-state index in [4.69, 9.17) is 14.1 Å². The lowest BCUT2D eigenvalue weighted by Gasteiger charge is -2.21. The van der Waals surface area contributed by atoms with Gasteiger partial charge in [-0.15, -0.1) is 11.3 Å². The highest BCUT2D eigenvalue weighted by molar-refractivity contribution is 7.09. The molecule has 138 valence electrons. The first-order valence-electron chi connectivity index (χ1n) is 8.80. The molecule has 0 bridgehead atoms. The zero-order chi connectivity index (χ0) is 18.7. The summed E-state index contributed by atoms with van der Waals surface area (Å²) in [6.45, 7) is 9.43. The van der Waals surface area contributed by atoms with E-state index in [9.17, 15) is 0 Å². The number of hydrogen-bond donors (Lipinski definition) is 0. The van der Waals surface area contributed by atoms with Gasteiger partial charge in [0.2, 0.25) is 5.89 Å². The maximum atomic E-state index is 5.95. The van der Waals surface area contributed by atoms with Crippen LogP contribution in [-0.2, 0) is 6.54 Å². The minimum Gasteiger partial charge on any atom is -0.493 e. The van der Waals surface area contributed by atoms with Gasteiger partial charge in [-0.05, 0) is 46.9 Å². The zero-order valence-corrected chi connectivity index (χ0v) is 16.8. The van der Waals surface area contributed by atoms with Crippen LogP contribution in [0.5, 0.6) is 5.75 Å². The van der Waals surface area contributed by atoms with Crippen LogP contribution in [0.4, 0.5) is 0 Å². The quantitative estimate of drug-likeness (QED) is 0.584. The van der Waals surface area contributed by atoms with E-state index in [0.29, 0.717) is 19.0 Å². The van der Waals surface area contributed by atoms with E-state index in [0.717, 1.165) is 33.5 Å². The summed E-state index contributed by atoms with van der Waals surface area (Å²) in [6.07, 6.45) is 0. The summed E-state index contributed by atoms with van der Waals surface area (Å²) in [5.41, 5.74) is 2.89. The van der Waals surface area contributed by atoms with Gasteiger partial charge in [0.05, 0.1) is 23.9 Å². The third-order valence-electron chi connectivity index (χ3n) is 4.36. The molecule has 0 saturated heterocycles. The van der Waals surface area contributed by atoms with Gasteiger partial charge in [-0.25, -0.2) is 9.97 Å². The fourth-order valence-corrected chi connectivity index (χ4v) is 3.66. The lowest BCUT2D eigenvalue weighted by Crippen LogP contribution is -2.22. The van der Waals surface area contributed by atoms with Gasteiger partial charge in [0, 0.05) is 17.6 Å². The molecule has 3 rings (SSSR count). The van der Waals surface area contributed by atoms with E-state index in [2.05, 4.69) is 29.2 Å². The predicted octanol–water partition coefficient (Wildman–Crippen LogP) is 5.01. The lowest BCUT2D eigenvalue weighted by atomic mass is 10.2. The van der Waals surface area contributed by atoms with Crippen LogP contribution < -0.4 is 4.74 Å². The fourth-order valence-electron chi connectivity index (χ4n) is 2.74. The molecule has 0 radical (unpaired) electrons. The summed E-state index contributed by atoms with van der Waals surface area (Å²) >= 11 is 1.70. The van der Waals surface area contributed by atoms with E-state index in [-0.39, 0.29) is 6.04 Å². The van der Waals surface area contributed by atoms with Gasteiger partial charge in [0.1, 0.15) is 16.5 Å². The molecule has 0 fully saturated rings. The van der Waals surface area contributed by atoms with E-state index in [1.54, 1.807) is 11.3 Å². The summed E-state index contributed by atoms with van der Waals surface area (Å²) < 4.78 is 11.7. The van der Waals surface area contributed by atoms with Crippen molar-refractivity contribution >= 4 is 11.3 Å². The molecule has 0 saturated carbocycles. The zero-order valence-electron chi connectivity index (χ0n) is 15.9. The van der Waals surface area contributed by atoms with E-state index < -0.39 is 0 Å². The van der Waals surface area contributed by atoms with Crippen molar-refractivity contribution in [1.82, 2.24) is 14.9 Å². The monoisotopic (exact) mass is 371 g/mol. The summed E-state index contributed by atoms with van der Waals surface area (Å²) in [4.78, 5) is 11.6. The maximum Gasteiger partial charge on any atom is 0.230 e. The minimum atomic E-state index is 0.226. The van der Waals surface area contributed by atoms with Crippen LogP contribution >= 0.6 is 11.3 Å². The van der Waals surface area contributed by atoms with Gasteiger partial charge in [0.15, 0.2) is 0 Å². The van der Waals surface area contributed by atoms with Crippen LogP contribution in [-0.4, -0.2) is 28.5 Å². The molecular weight excluding hydrogens is 346 g/mol. The lowest BCUT2D eigenvalue weighted by molar-refractivity contribution is 0.248. The molecule has 0 aliphatic heterocycles. The van der Waals surface area contributed by atoms with E-state index >= 15 is 0 Å². The van der Waals surface area contributed by atoms with Crippen molar-refractivity contribution in [3.8, 4) is 17.2 Å². The molecule has 1 aromatic carbocycles. The normalized spacial score (nSPS) is 12.5. The third kappa shape index (κ3) is 3.97. The number of para-hydroxylation sites is 1. The summed E-state index contributed by atoms with van der Waals surface area (Å²) in [5, 5.41) is 3.21. The van der Waals surface area contributed by atoms with Crippen molar-refractivity contribution in [1.29, 1.82) is 0 Å². The Hall–Kier alpha value is -2.18. The van der Waals surface area contributed by atoms with Gasteiger partial charge < -0.3 is 9.15 Å².